The molecule has 6 heteroatoms. The summed E-state index contributed by atoms with van der Waals surface area (Å²) in [4.78, 5) is 19.6. The average Bonchev–Trinajstić information content (AvgIpc) is 2.59. The Hall–Kier alpha value is -2.37. The zero-order valence-electron chi connectivity index (χ0n) is 8.71. The van der Waals surface area contributed by atoms with Gasteiger partial charge >= 0.3 is 0 Å². The topological polar surface area (TPSA) is 85.8 Å². The van der Waals surface area contributed by atoms with Crippen molar-refractivity contribution in [3.05, 3.63) is 36.5 Å². The van der Waals surface area contributed by atoms with Gasteiger partial charge in [-0.25, -0.2) is 4.98 Å². The van der Waals surface area contributed by atoms with Crippen LogP contribution < -0.4 is 11.1 Å². The molecular weight excluding hydrogens is 206 g/mol. The summed E-state index contributed by atoms with van der Waals surface area (Å²) in [7, 11) is 1.75. The number of nitrogen functional groups attached to an aromatic ring is 1. The first-order chi connectivity index (χ1) is 7.66. The van der Waals surface area contributed by atoms with Crippen molar-refractivity contribution in [2.24, 2.45) is 7.05 Å². The third kappa shape index (κ3) is 2.00. The third-order valence-corrected chi connectivity index (χ3v) is 2.06. The molecule has 0 aliphatic carbocycles. The summed E-state index contributed by atoms with van der Waals surface area (Å²) >= 11 is 0. The normalized spacial score (nSPS) is 10.1. The third-order valence-electron chi connectivity index (χ3n) is 2.06. The van der Waals surface area contributed by atoms with Crippen molar-refractivity contribution < 1.29 is 4.79 Å². The van der Waals surface area contributed by atoms with E-state index >= 15 is 0 Å². The van der Waals surface area contributed by atoms with E-state index in [0.29, 0.717) is 17.2 Å². The largest absolute Gasteiger partial charge is 0.397 e. The Balaban J connectivity index is 2.18. The molecule has 0 spiro atoms. The molecule has 2 aromatic heterocycles. The first-order valence-electron chi connectivity index (χ1n) is 4.66. The van der Waals surface area contributed by atoms with Crippen LogP contribution in [0.4, 0.5) is 11.5 Å². The number of rotatable bonds is 2. The second kappa shape index (κ2) is 4.01. The molecule has 0 bridgehead atoms. The monoisotopic (exact) mass is 217 g/mol. The Morgan fingerprint density at radius 2 is 2.31 bits per heavy atom. The molecule has 0 atom stereocenters. The van der Waals surface area contributed by atoms with Crippen molar-refractivity contribution in [2.75, 3.05) is 11.1 Å². The lowest BCUT2D eigenvalue weighted by molar-refractivity contribution is 0.101. The van der Waals surface area contributed by atoms with Crippen molar-refractivity contribution in [1.29, 1.82) is 0 Å². The summed E-state index contributed by atoms with van der Waals surface area (Å²) in [5.74, 6) is 0.145. The van der Waals surface area contributed by atoms with Crippen LogP contribution in [0.5, 0.6) is 0 Å². The predicted molar refractivity (Wildman–Crippen MR) is 59.8 cm³/mol. The van der Waals surface area contributed by atoms with Crippen molar-refractivity contribution >= 4 is 17.4 Å². The van der Waals surface area contributed by atoms with Gasteiger partial charge in [-0.3, -0.25) is 9.78 Å². The van der Waals surface area contributed by atoms with E-state index in [1.54, 1.807) is 23.9 Å². The van der Waals surface area contributed by atoms with Gasteiger partial charge < -0.3 is 15.6 Å². The number of aromatic nitrogens is 3. The Kier molecular flexibility index (Phi) is 2.55. The summed E-state index contributed by atoms with van der Waals surface area (Å²) in [6.07, 6.45) is 6.20. The number of hydrogen-bond donors (Lipinski definition) is 2. The highest BCUT2D eigenvalue weighted by Gasteiger charge is 2.11. The Bertz CT molecular complexity index is 505. The molecule has 0 saturated heterocycles. The minimum atomic E-state index is -0.264. The Labute approximate surface area is 92.1 Å². The highest BCUT2D eigenvalue weighted by Crippen LogP contribution is 2.10. The van der Waals surface area contributed by atoms with Gasteiger partial charge in [-0.2, -0.15) is 0 Å². The quantitative estimate of drug-likeness (QED) is 0.773. The number of hydrogen-bond acceptors (Lipinski definition) is 4. The van der Waals surface area contributed by atoms with Gasteiger partial charge in [-0.15, -0.1) is 0 Å². The lowest BCUT2D eigenvalue weighted by atomic mass is 10.4. The molecule has 6 nitrogen and oxygen atoms in total. The maximum Gasteiger partial charge on any atom is 0.273 e. The van der Waals surface area contributed by atoms with Crippen LogP contribution in [0.3, 0.4) is 0 Å². The fraction of sp³-hybridized carbons (Fsp3) is 0.100. The van der Waals surface area contributed by atoms with E-state index in [1.807, 2.05) is 0 Å². The van der Waals surface area contributed by atoms with Crippen LogP contribution >= 0.6 is 0 Å². The number of nitrogens with one attached hydrogen (secondary N) is 1. The smallest absolute Gasteiger partial charge is 0.273 e. The van der Waals surface area contributed by atoms with Crippen LogP contribution in [-0.2, 0) is 7.05 Å². The van der Waals surface area contributed by atoms with Gasteiger partial charge in [0, 0.05) is 25.6 Å². The van der Waals surface area contributed by atoms with E-state index in [2.05, 4.69) is 15.3 Å². The van der Waals surface area contributed by atoms with Crippen molar-refractivity contribution in [3.8, 4) is 0 Å². The minimum absolute atomic E-state index is 0.264. The highest BCUT2D eigenvalue weighted by atomic mass is 16.2. The summed E-state index contributed by atoms with van der Waals surface area (Å²) in [5, 5.41) is 2.62. The standard InChI is InChI=1S/C10H11N5O/c1-15-6-7(11)4-8(15)10(16)14-9-5-12-2-3-13-9/h2-6H,11H2,1H3,(H,13,14,16). The van der Waals surface area contributed by atoms with Crippen molar-refractivity contribution in [2.45, 2.75) is 0 Å². The number of nitrogens with two attached hydrogens (primary N) is 1. The maximum absolute atomic E-state index is 11.8. The van der Waals surface area contributed by atoms with E-state index in [-0.39, 0.29) is 5.91 Å². The number of carbonyl (C=O) groups excluding carboxylic acids is 1. The molecule has 0 fully saturated rings. The zero-order valence-corrected chi connectivity index (χ0v) is 8.71. The molecule has 0 aliphatic rings. The molecule has 0 aliphatic heterocycles. The molecule has 0 radical (unpaired) electrons. The number of anilines is 2. The van der Waals surface area contributed by atoms with Crippen molar-refractivity contribution in [3.63, 3.8) is 0 Å². The van der Waals surface area contributed by atoms with Crippen LogP contribution in [0.15, 0.2) is 30.9 Å². The predicted octanol–water partition coefficient (Wildman–Crippen LogP) is 0.650. The maximum atomic E-state index is 11.8. The van der Waals surface area contributed by atoms with E-state index in [4.69, 9.17) is 5.73 Å². The second-order valence-electron chi connectivity index (χ2n) is 3.31. The lowest BCUT2D eigenvalue weighted by Gasteiger charge is -2.03. The van der Waals surface area contributed by atoms with E-state index in [1.165, 1.54) is 18.6 Å². The van der Waals surface area contributed by atoms with Crippen LogP contribution in [0, 0.1) is 0 Å². The summed E-state index contributed by atoms with van der Waals surface area (Å²) in [6, 6.07) is 1.60. The van der Waals surface area contributed by atoms with Gasteiger partial charge in [0.15, 0.2) is 5.82 Å². The van der Waals surface area contributed by atoms with Gasteiger partial charge in [-0.1, -0.05) is 0 Å². The molecule has 2 aromatic rings. The number of nitrogens with zero attached hydrogens (tertiary/aromatic N) is 3. The van der Waals surface area contributed by atoms with Crippen LogP contribution in [0.1, 0.15) is 10.5 Å². The molecule has 82 valence electrons. The first-order valence-corrected chi connectivity index (χ1v) is 4.66. The van der Waals surface area contributed by atoms with Gasteiger partial charge in [0.1, 0.15) is 5.69 Å². The first kappa shape index (κ1) is 10.2. The molecule has 16 heavy (non-hydrogen) atoms. The molecule has 0 unspecified atom stereocenters. The van der Waals surface area contributed by atoms with E-state index in [9.17, 15) is 4.79 Å². The number of amides is 1. The fourth-order valence-electron chi connectivity index (χ4n) is 1.36. The van der Waals surface area contributed by atoms with Crippen LogP contribution in [0.2, 0.25) is 0 Å². The molecule has 0 aromatic carbocycles. The summed E-state index contributed by atoms with van der Waals surface area (Å²) in [6.45, 7) is 0. The zero-order chi connectivity index (χ0) is 11.5. The molecular formula is C10H11N5O. The van der Waals surface area contributed by atoms with Gasteiger partial charge in [0.25, 0.3) is 5.91 Å². The minimum Gasteiger partial charge on any atom is -0.397 e. The molecule has 2 rings (SSSR count). The molecule has 3 N–H and O–H groups in total. The van der Waals surface area contributed by atoms with Crippen molar-refractivity contribution in [1.82, 2.24) is 14.5 Å². The van der Waals surface area contributed by atoms with Gasteiger partial charge in [0.2, 0.25) is 0 Å². The van der Waals surface area contributed by atoms with Gasteiger partial charge in [-0.05, 0) is 6.07 Å². The molecule has 2 heterocycles. The van der Waals surface area contributed by atoms with Gasteiger partial charge in [0.05, 0.1) is 11.9 Å². The summed E-state index contributed by atoms with van der Waals surface area (Å²) < 4.78 is 1.65. The van der Waals surface area contributed by atoms with E-state index in [0.717, 1.165) is 0 Å². The summed E-state index contributed by atoms with van der Waals surface area (Å²) in [5.41, 5.74) is 6.60. The van der Waals surface area contributed by atoms with E-state index < -0.39 is 0 Å². The Morgan fingerprint density at radius 1 is 1.50 bits per heavy atom. The number of aryl methyl sites for hydroxylation is 1. The average molecular weight is 217 g/mol. The highest BCUT2D eigenvalue weighted by molar-refractivity contribution is 6.03. The second-order valence-corrected chi connectivity index (χ2v) is 3.31. The number of carbonyl (C=O) groups is 1. The Morgan fingerprint density at radius 3 is 2.88 bits per heavy atom. The molecule has 1 amide bonds. The lowest BCUT2D eigenvalue weighted by Crippen LogP contribution is -2.16. The molecule has 0 saturated carbocycles. The van der Waals surface area contributed by atoms with Crippen LogP contribution in [0.25, 0.3) is 0 Å². The van der Waals surface area contributed by atoms with Crippen LogP contribution in [-0.4, -0.2) is 20.4 Å². The fourth-order valence-corrected chi connectivity index (χ4v) is 1.36. The SMILES string of the molecule is Cn1cc(N)cc1C(=O)Nc1cnccn1.